The summed E-state index contributed by atoms with van der Waals surface area (Å²) < 4.78 is 3.27. The molecule has 0 aliphatic rings. The molecule has 4 heteroatoms. The maximum absolute atomic E-state index is 4.91. The van der Waals surface area contributed by atoms with E-state index >= 15 is 0 Å². The van der Waals surface area contributed by atoms with Crippen LogP contribution < -0.4 is 0 Å². The zero-order valence-electron chi connectivity index (χ0n) is 12.4. The number of nitrogens with zero attached hydrogens (tertiary/aromatic N) is 3. The average molecular weight is 354 g/mol. The van der Waals surface area contributed by atoms with Crippen LogP contribution in [0.5, 0.6) is 0 Å². The molecule has 0 N–H and O–H groups in total. The number of halogens is 1. The third kappa shape index (κ3) is 2.10. The fourth-order valence-corrected chi connectivity index (χ4v) is 3.31. The molecule has 0 bridgehead atoms. The molecule has 0 amide bonds. The molecule has 0 atom stereocenters. The maximum Gasteiger partial charge on any atom is 0.148 e. The van der Waals surface area contributed by atoms with Crippen LogP contribution in [0.4, 0.5) is 0 Å². The van der Waals surface area contributed by atoms with Gasteiger partial charge in [-0.05, 0) is 36.8 Å². The third-order valence-electron chi connectivity index (χ3n) is 4.02. The molecule has 0 aliphatic carbocycles. The Morgan fingerprint density at radius 3 is 2.77 bits per heavy atom. The van der Waals surface area contributed by atoms with Gasteiger partial charge in [-0.25, -0.2) is 9.97 Å². The molecule has 0 radical (unpaired) electrons. The Labute approximate surface area is 137 Å². The van der Waals surface area contributed by atoms with E-state index in [1.165, 1.54) is 0 Å². The molecule has 2 aromatic carbocycles. The van der Waals surface area contributed by atoms with Crippen LogP contribution in [-0.2, 0) is 6.42 Å². The van der Waals surface area contributed by atoms with E-state index in [0.29, 0.717) is 0 Å². The van der Waals surface area contributed by atoms with E-state index in [-0.39, 0.29) is 0 Å². The summed E-state index contributed by atoms with van der Waals surface area (Å²) in [6.45, 7) is 2.21. The van der Waals surface area contributed by atoms with Crippen molar-refractivity contribution in [3.05, 3.63) is 52.8 Å². The van der Waals surface area contributed by atoms with Crippen molar-refractivity contribution in [2.24, 2.45) is 0 Å². The summed E-state index contributed by atoms with van der Waals surface area (Å²) in [4.78, 5) is 9.76. The highest BCUT2D eigenvalue weighted by Gasteiger charge is 2.13. The Bertz CT molecular complexity index is 988. The monoisotopic (exact) mass is 353 g/mol. The number of aryl methyl sites for hydroxylation is 1. The van der Waals surface area contributed by atoms with E-state index in [2.05, 4.69) is 57.6 Å². The van der Waals surface area contributed by atoms with Gasteiger partial charge in [-0.3, -0.25) is 4.40 Å². The molecule has 3 nitrogen and oxygen atoms in total. The first kappa shape index (κ1) is 13.7. The lowest BCUT2D eigenvalue weighted by Gasteiger charge is -2.08. The van der Waals surface area contributed by atoms with Gasteiger partial charge in [0.05, 0.1) is 16.6 Å². The van der Waals surface area contributed by atoms with Gasteiger partial charge < -0.3 is 0 Å². The van der Waals surface area contributed by atoms with Crippen LogP contribution >= 0.6 is 15.9 Å². The molecule has 4 rings (SSSR count). The van der Waals surface area contributed by atoms with Gasteiger partial charge >= 0.3 is 0 Å². The minimum Gasteiger partial charge on any atom is -0.280 e. The van der Waals surface area contributed by atoms with E-state index in [1.54, 1.807) is 0 Å². The van der Waals surface area contributed by atoms with Crippen molar-refractivity contribution in [1.29, 1.82) is 0 Å². The number of fused-ring (bicyclic) bond motifs is 5. The quantitative estimate of drug-likeness (QED) is 0.510. The second-order valence-corrected chi connectivity index (χ2v) is 6.47. The zero-order chi connectivity index (χ0) is 15.1. The molecule has 22 heavy (non-hydrogen) atoms. The molecule has 0 spiro atoms. The molecular formula is C18H16BrN3. The number of hydrogen-bond acceptors (Lipinski definition) is 2. The summed E-state index contributed by atoms with van der Waals surface area (Å²) in [5.41, 5.74) is 4.17. The first-order chi connectivity index (χ1) is 10.8. The van der Waals surface area contributed by atoms with Gasteiger partial charge in [0.2, 0.25) is 0 Å². The molecule has 4 aromatic rings. The van der Waals surface area contributed by atoms with Gasteiger partial charge in [0.15, 0.2) is 0 Å². The second-order valence-electron chi connectivity index (χ2n) is 5.55. The van der Waals surface area contributed by atoms with Crippen molar-refractivity contribution >= 4 is 43.5 Å². The molecule has 110 valence electrons. The molecule has 2 heterocycles. The predicted octanol–water partition coefficient (Wildman–Crippen LogP) is 5.14. The number of unbranched alkanes of at least 4 members (excludes halogenated alkanes) is 1. The molecule has 0 saturated heterocycles. The van der Waals surface area contributed by atoms with Crippen molar-refractivity contribution in [2.45, 2.75) is 26.2 Å². The summed E-state index contributed by atoms with van der Waals surface area (Å²) >= 11 is 3.56. The molecule has 0 fully saturated rings. The first-order valence-electron chi connectivity index (χ1n) is 7.63. The van der Waals surface area contributed by atoms with Gasteiger partial charge in [0.25, 0.3) is 0 Å². The number of rotatable bonds is 3. The Morgan fingerprint density at radius 1 is 1.05 bits per heavy atom. The van der Waals surface area contributed by atoms with Gasteiger partial charge in [-0.15, -0.1) is 0 Å². The third-order valence-corrected chi connectivity index (χ3v) is 4.52. The van der Waals surface area contributed by atoms with Crippen molar-refractivity contribution in [1.82, 2.24) is 14.4 Å². The van der Waals surface area contributed by atoms with E-state index in [4.69, 9.17) is 9.97 Å². The standard InChI is InChI=1S/C18H16BrN3/c1-2-3-8-17-20-14-10-9-12(19)11-13(14)18-21-15-6-4-5-7-16(15)22(17)18/h4-7,9-11H,2-3,8H2,1H3. The fraction of sp³-hybridized carbons (Fsp3) is 0.222. The van der Waals surface area contributed by atoms with Crippen molar-refractivity contribution in [2.75, 3.05) is 0 Å². The normalized spacial score (nSPS) is 11.7. The van der Waals surface area contributed by atoms with Crippen molar-refractivity contribution in [3.8, 4) is 0 Å². The van der Waals surface area contributed by atoms with E-state index in [1.807, 2.05) is 12.1 Å². The van der Waals surface area contributed by atoms with Crippen LogP contribution in [0.1, 0.15) is 25.6 Å². The van der Waals surface area contributed by atoms with Crippen LogP contribution in [0.15, 0.2) is 46.9 Å². The Morgan fingerprint density at radius 2 is 1.91 bits per heavy atom. The summed E-state index contributed by atoms with van der Waals surface area (Å²) in [5, 5.41) is 1.09. The highest BCUT2D eigenvalue weighted by Crippen LogP contribution is 2.27. The molecular weight excluding hydrogens is 338 g/mol. The highest BCUT2D eigenvalue weighted by molar-refractivity contribution is 9.10. The van der Waals surface area contributed by atoms with Crippen LogP contribution in [-0.4, -0.2) is 14.4 Å². The van der Waals surface area contributed by atoms with Gasteiger partial charge in [-0.1, -0.05) is 41.4 Å². The lowest BCUT2D eigenvalue weighted by atomic mass is 10.2. The molecule has 0 aliphatic heterocycles. The minimum absolute atomic E-state index is 0.972. The van der Waals surface area contributed by atoms with E-state index in [9.17, 15) is 0 Å². The first-order valence-corrected chi connectivity index (χ1v) is 8.42. The van der Waals surface area contributed by atoms with Crippen LogP contribution in [0.3, 0.4) is 0 Å². The van der Waals surface area contributed by atoms with E-state index < -0.39 is 0 Å². The Kier molecular flexibility index (Phi) is 3.34. The number of aromatic nitrogens is 3. The summed E-state index contributed by atoms with van der Waals surface area (Å²) in [7, 11) is 0. The largest absolute Gasteiger partial charge is 0.280 e. The van der Waals surface area contributed by atoms with Crippen LogP contribution in [0.2, 0.25) is 0 Å². The van der Waals surface area contributed by atoms with Crippen LogP contribution in [0.25, 0.3) is 27.6 Å². The van der Waals surface area contributed by atoms with Crippen molar-refractivity contribution < 1.29 is 0 Å². The summed E-state index contributed by atoms with van der Waals surface area (Å²) in [6, 6.07) is 14.5. The fourth-order valence-electron chi connectivity index (χ4n) is 2.94. The molecule has 0 unspecified atom stereocenters. The van der Waals surface area contributed by atoms with Gasteiger partial charge in [-0.2, -0.15) is 0 Å². The minimum atomic E-state index is 0.972. The summed E-state index contributed by atoms with van der Waals surface area (Å²) in [6.07, 6.45) is 3.27. The smallest absolute Gasteiger partial charge is 0.148 e. The van der Waals surface area contributed by atoms with Crippen LogP contribution in [0, 0.1) is 0 Å². The molecule has 2 aromatic heterocycles. The second kappa shape index (κ2) is 5.36. The SMILES string of the molecule is CCCCc1nc2ccc(Br)cc2c2nc3ccccc3n12. The maximum atomic E-state index is 4.91. The Hall–Kier alpha value is -1.94. The van der Waals surface area contributed by atoms with Gasteiger partial charge in [0, 0.05) is 16.3 Å². The highest BCUT2D eigenvalue weighted by atomic mass is 79.9. The zero-order valence-corrected chi connectivity index (χ0v) is 14.0. The lowest BCUT2D eigenvalue weighted by molar-refractivity contribution is 0.749. The number of benzene rings is 2. The lowest BCUT2D eigenvalue weighted by Crippen LogP contribution is -2.02. The number of para-hydroxylation sites is 2. The summed E-state index contributed by atoms with van der Waals surface area (Å²) in [5.74, 6) is 1.10. The number of hydrogen-bond donors (Lipinski definition) is 0. The Balaban J connectivity index is 2.16. The molecule has 0 saturated carbocycles. The van der Waals surface area contributed by atoms with E-state index in [0.717, 1.165) is 57.1 Å². The topological polar surface area (TPSA) is 30.2 Å². The average Bonchev–Trinajstić information content (AvgIpc) is 2.93. The van der Waals surface area contributed by atoms with Crippen molar-refractivity contribution in [3.63, 3.8) is 0 Å². The van der Waals surface area contributed by atoms with Gasteiger partial charge in [0.1, 0.15) is 11.5 Å². The number of imidazole rings is 1. The predicted molar refractivity (Wildman–Crippen MR) is 94.3 cm³/mol.